The van der Waals surface area contributed by atoms with Crippen molar-refractivity contribution in [3.05, 3.63) is 71.8 Å². The molecule has 5 heteroatoms. The molecule has 2 aromatic rings. The van der Waals surface area contributed by atoms with Crippen LogP contribution in [-0.2, 0) is 14.2 Å². The molecule has 5 atom stereocenters. The van der Waals surface area contributed by atoms with E-state index in [1.807, 2.05) is 62.4 Å². The van der Waals surface area contributed by atoms with E-state index in [9.17, 15) is 14.2 Å². The average Bonchev–Trinajstić information content (AvgIpc) is 3.18. The number of amides is 2. The molecule has 2 bridgehead atoms. The number of hydrogen-bond donors (Lipinski definition) is 0. The van der Waals surface area contributed by atoms with E-state index >= 15 is 0 Å². The Bertz CT molecular complexity index is 1000. The smallest absolute Gasteiger partial charge is 0.238 e. The molecule has 2 fully saturated rings. The number of para-hydroxylation sites is 1. The molecule has 3 heterocycles. The fourth-order valence-corrected chi connectivity index (χ4v) is 10.2. The van der Waals surface area contributed by atoms with Crippen molar-refractivity contribution in [1.29, 1.82) is 0 Å². The van der Waals surface area contributed by atoms with Crippen molar-refractivity contribution in [3.63, 3.8) is 0 Å². The van der Waals surface area contributed by atoms with Gasteiger partial charge in [-0.25, -0.2) is 4.90 Å². The Labute approximate surface area is 158 Å². The van der Waals surface area contributed by atoms with E-state index in [1.54, 1.807) is 12.1 Å². The molecule has 0 aromatic heterocycles. The van der Waals surface area contributed by atoms with Crippen LogP contribution in [0.3, 0.4) is 0 Å². The van der Waals surface area contributed by atoms with Gasteiger partial charge < -0.3 is 4.57 Å². The lowest BCUT2D eigenvalue weighted by molar-refractivity contribution is -0.122. The maximum Gasteiger partial charge on any atom is 0.238 e. The van der Waals surface area contributed by atoms with Gasteiger partial charge in [0.15, 0.2) is 0 Å². The van der Waals surface area contributed by atoms with Crippen molar-refractivity contribution in [2.75, 3.05) is 4.90 Å². The summed E-state index contributed by atoms with van der Waals surface area (Å²) in [4.78, 5) is 28.0. The van der Waals surface area contributed by atoms with Gasteiger partial charge in [0.2, 0.25) is 11.8 Å². The number of fused-ring (bicyclic) bond motifs is 5. The zero-order valence-corrected chi connectivity index (χ0v) is 16.1. The summed E-state index contributed by atoms with van der Waals surface area (Å²) in [7, 11) is -2.92. The summed E-state index contributed by atoms with van der Waals surface area (Å²) in [5.41, 5.74) is 1.94. The Kier molecular flexibility index (Phi) is 3.42. The van der Waals surface area contributed by atoms with E-state index in [1.165, 1.54) is 4.90 Å². The van der Waals surface area contributed by atoms with Crippen molar-refractivity contribution in [3.8, 4) is 0 Å². The fourth-order valence-electron chi connectivity index (χ4n) is 5.42. The Morgan fingerprint density at radius 3 is 1.67 bits per heavy atom. The first-order chi connectivity index (χ1) is 13.0. The van der Waals surface area contributed by atoms with Crippen LogP contribution in [0.2, 0.25) is 0 Å². The van der Waals surface area contributed by atoms with Crippen molar-refractivity contribution in [2.45, 2.75) is 25.2 Å². The molecule has 2 amide bonds. The molecule has 2 aromatic carbocycles. The summed E-state index contributed by atoms with van der Waals surface area (Å²) in [6, 6.07) is 18.5. The molecule has 5 rings (SSSR count). The number of anilines is 1. The van der Waals surface area contributed by atoms with E-state index in [0.29, 0.717) is 5.69 Å². The van der Waals surface area contributed by atoms with Gasteiger partial charge in [-0.1, -0.05) is 59.7 Å². The highest BCUT2D eigenvalue weighted by molar-refractivity contribution is 7.74. The highest BCUT2D eigenvalue weighted by Crippen LogP contribution is 2.76. The first kappa shape index (κ1) is 16.7. The Morgan fingerprint density at radius 2 is 1.19 bits per heavy atom. The minimum Gasteiger partial charge on any atom is -0.317 e. The molecule has 0 N–H and O–H groups in total. The molecule has 3 aliphatic rings. The standard InChI is InChI=1S/C22H20NO3P/c1-13-14(2)20-18-17(19(13)27(20,26)16-11-7-4-8-12-16)21(24)23(22(18)25)15-9-5-3-6-10-15/h3-12,17-20H,1-2H3/t17-,18+,19-,20+,27?. The van der Waals surface area contributed by atoms with Crippen LogP contribution in [0.1, 0.15) is 13.8 Å². The van der Waals surface area contributed by atoms with E-state index in [-0.39, 0.29) is 23.1 Å². The van der Waals surface area contributed by atoms with Crippen LogP contribution in [0, 0.1) is 11.8 Å². The topological polar surface area (TPSA) is 54.5 Å². The quantitative estimate of drug-likeness (QED) is 0.457. The highest BCUT2D eigenvalue weighted by atomic mass is 31.2. The van der Waals surface area contributed by atoms with Crippen molar-refractivity contribution in [2.24, 2.45) is 11.8 Å². The first-order valence-corrected chi connectivity index (χ1v) is 11.1. The Balaban J connectivity index is 1.66. The third-order valence-corrected chi connectivity index (χ3v) is 10.8. The predicted molar refractivity (Wildman–Crippen MR) is 106 cm³/mol. The zero-order chi connectivity index (χ0) is 18.9. The minimum absolute atomic E-state index is 0.202. The van der Waals surface area contributed by atoms with Gasteiger partial charge in [-0.3, -0.25) is 9.59 Å². The van der Waals surface area contributed by atoms with Crippen molar-refractivity contribution >= 4 is 29.9 Å². The molecule has 0 saturated carbocycles. The van der Waals surface area contributed by atoms with E-state index < -0.39 is 19.0 Å². The summed E-state index contributed by atoms with van der Waals surface area (Å²) >= 11 is 0. The number of hydrogen-bond acceptors (Lipinski definition) is 3. The lowest BCUT2D eigenvalue weighted by Crippen LogP contribution is -2.35. The first-order valence-electron chi connectivity index (χ1n) is 9.23. The number of benzene rings is 2. The summed E-state index contributed by atoms with van der Waals surface area (Å²) in [6.07, 6.45) is 0. The van der Waals surface area contributed by atoms with Crippen LogP contribution in [0.5, 0.6) is 0 Å². The van der Waals surface area contributed by atoms with Gasteiger partial charge >= 0.3 is 0 Å². The summed E-state index contributed by atoms with van der Waals surface area (Å²) in [6.45, 7) is 3.96. The van der Waals surface area contributed by atoms with Crippen LogP contribution in [0.4, 0.5) is 5.69 Å². The van der Waals surface area contributed by atoms with E-state index in [2.05, 4.69) is 0 Å². The molecule has 3 aliphatic heterocycles. The minimum atomic E-state index is -2.92. The van der Waals surface area contributed by atoms with Gasteiger partial charge in [-0.2, -0.15) is 0 Å². The average molecular weight is 377 g/mol. The van der Waals surface area contributed by atoms with Gasteiger partial charge in [0.1, 0.15) is 7.14 Å². The largest absolute Gasteiger partial charge is 0.317 e. The molecule has 0 aliphatic carbocycles. The SMILES string of the molecule is CC1=C(C)[C@H]2[C@H]3C(=O)N(c4ccccc4)C(=O)[C@H]3[C@@H]1P2(=O)c1ccccc1. The molecule has 4 nitrogen and oxygen atoms in total. The number of carbonyl (C=O) groups excluding carboxylic acids is 2. The van der Waals surface area contributed by atoms with E-state index in [0.717, 1.165) is 16.5 Å². The molecule has 0 spiro atoms. The number of nitrogens with zero attached hydrogens (tertiary/aromatic N) is 1. The Hall–Kier alpha value is -2.45. The number of allylic oxidation sites excluding steroid dienone is 2. The van der Waals surface area contributed by atoms with Crippen LogP contribution in [0.15, 0.2) is 71.8 Å². The van der Waals surface area contributed by atoms with Crippen LogP contribution < -0.4 is 10.2 Å². The summed E-state index contributed by atoms with van der Waals surface area (Å²) in [5.74, 6) is -1.44. The van der Waals surface area contributed by atoms with Gasteiger partial charge in [-0.15, -0.1) is 0 Å². The lowest BCUT2D eigenvalue weighted by atomic mass is 9.78. The zero-order valence-electron chi connectivity index (χ0n) is 15.2. The molecule has 136 valence electrons. The van der Waals surface area contributed by atoms with Gasteiger partial charge in [0.05, 0.1) is 28.8 Å². The third kappa shape index (κ3) is 1.92. The number of imide groups is 1. The molecular weight excluding hydrogens is 357 g/mol. The van der Waals surface area contributed by atoms with E-state index in [4.69, 9.17) is 0 Å². The lowest BCUT2D eigenvalue weighted by Gasteiger charge is -2.24. The highest BCUT2D eigenvalue weighted by Gasteiger charge is 2.71. The van der Waals surface area contributed by atoms with Crippen molar-refractivity contribution < 1.29 is 14.2 Å². The maximum atomic E-state index is 14.3. The molecular formula is C22H20NO3P. The van der Waals surface area contributed by atoms with Gasteiger partial charge in [-0.05, 0) is 26.0 Å². The number of rotatable bonds is 2. The summed E-state index contributed by atoms with van der Waals surface area (Å²) < 4.78 is 14.3. The fraction of sp³-hybridized carbons (Fsp3) is 0.273. The third-order valence-electron chi connectivity index (χ3n) is 6.59. The predicted octanol–water partition coefficient (Wildman–Crippen LogP) is 3.58. The second-order valence-electron chi connectivity index (χ2n) is 7.70. The second kappa shape index (κ2) is 5.53. The summed E-state index contributed by atoms with van der Waals surface area (Å²) in [5, 5.41) is 0.789. The molecule has 27 heavy (non-hydrogen) atoms. The monoisotopic (exact) mass is 377 g/mol. The number of carbonyl (C=O) groups is 2. The van der Waals surface area contributed by atoms with Crippen molar-refractivity contribution in [1.82, 2.24) is 0 Å². The molecule has 1 unspecified atom stereocenters. The maximum absolute atomic E-state index is 14.3. The van der Waals surface area contributed by atoms with Gasteiger partial charge in [0.25, 0.3) is 0 Å². The Morgan fingerprint density at radius 1 is 0.741 bits per heavy atom. The molecule has 2 saturated heterocycles. The van der Waals surface area contributed by atoms with Crippen LogP contribution in [-0.4, -0.2) is 23.1 Å². The second-order valence-corrected chi connectivity index (χ2v) is 10.7. The normalized spacial score (nSPS) is 34.5. The van der Waals surface area contributed by atoms with Crippen LogP contribution in [0.25, 0.3) is 0 Å². The molecule has 0 radical (unpaired) electrons. The van der Waals surface area contributed by atoms with Gasteiger partial charge in [0, 0.05) is 5.30 Å². The van der Waals surface area contributed by atoms with Crippen LogP contribution >= 0.6 is 7.14 Å².